The average Bonchev–Trinajstić information content (AvgIpc) is 1.84. The minimum absolute atomic E-state index is 1.13. The van der Waals surface area contributed by atoms with Crippen LogP contribution in [0.5, 0.6) is 0 Å². The first-order valence-electron chi connectivity index (χ1n) is 4.43. The third-order valence-corrected chi connectivity index (χ3v) is 1.92. The predicted molar refractivity (Wildman–Crippen MR) is 43.6 cm³/mol. The van der Waals surface area contributed by atoms with Crippen LogP contribution < -0.4 is 0 Å². The highest BCUT2D eigenvalue weighted by molar-refractivity contribution is 4.67. The highest BCUT2D eigenvalue weighted by Gasteiger charge is 2.14. The molecule has 0 heteroatoms. The molecule has 0 aromatic rings. The van der Waals surface area contributed by atoms with Gasteiger partial charge in [-0.3, -0.25) is 0 Å². The number of rotatable bonds is 2. The Morgan fingerprint density at radius 3 is 1.89 bits per heavy atom. The highest BCUT2D eigenvalue weighted by Crippen LogP contribution is 2.29. The Labute approximate surface area is 59.7 Å². The van der Waals surface area contributed by atoms with Gasteiger partial charge in [-0.1, -0.05) is 52.9 Å². The molecule has 1 aliphatic carbocycles. The molecule has 0 aromatic carbocycles. The quantitative estimate of drug-likeness (QED) is 0.533. The van der Waals surface area contributed by atoms with Crippen molar-refractivity contribution in [2.45, 2.75) is 52.9 Å². The number of hydrogen-bond acceptors (Lipinski definition) is 0. The van der Waals surface area contributed by atoms with Gasteiger partial charge in [-0.15, -0.1) is 0 Å². The van der Waals surface area contributed by atoms with Crippen LogP contribution in [0.4, 0.5) is 0 Å². The molecule has 0 atom stereocenters. The monoisotopic (exact) mass is 128 g/mol. The molecule has 0 aromatic heterocycles. The molecule has 0 saturated heterocycles. The molecule has 1 rings (SSSR count). The van der Waals surface area contributed by atoms with E-state index in [0.717, 1.165) is 5.92 Å². The predicted octanol–water partition coefficient (Wildman–Crippen LogP) is 3.61. The summed E-state index contributed by atoms with van der Waals surface area (Å²) in [5.74, 6) is 1.13. The fraction of sp³-hybridized carbons (Fsp3) is 1.00. The molecule has 0 amide bonds. The van der Waals surface area contributed by atoms with Gasteiger partial charge in [-0.05, 0) is 5.92 Å². The van der Waals surface area contributed by atoms with Gasteiger partial charge in [-0.2, -0.15) is 0 Å². The van der Waals surface area contributed by atoms with Gasteiger partial charge < -0.3 is 0 Å². The van der Waals surface area contributed by atoms with Crippen molar-refractivity contribution < 1.29 is 0 Å². The van der Waals surface area contributed by atoms with E-state index in [0.29, 0.717) is 0 Å². The molecule has 56 valence electrons. The lowest BCUT2D eigenvalue weighted by molar-refractivity contribution is 0.294. The van der Waals surface area contributed by atoms with Crippen molar-refractivity contribution in [1.82, 2.24) is 0 Å². The van der Waals surface area contributed by atoms with Gasteiger partial charge in [0, 0.05) is 0 Å². The van der Waals surface area contributed by atoms with Crippen LogP contribution in [0.15, 0.2) is 0 Å². The van der Waals surface area contributed by atoms with E-state index in [2.05, 4.69) is 6.92 Å². The molecule has 1 aliphatic rings. The van der Waals surface area contributed by atoms with Gasteiger partial charge in [0.2, 0.25) is 0 Å². The summed E-state index contributed by atoms with van der Waals surface area (Å²) in [5, 5.41) is 0. The zero-order valence-corrected chi connectivity index (χ0v) is 7.11. The van der Waals surface area contributed by atoms with Crippen molar-refractivity contribution in [3.05, 3.63) is 0 Å². The maximum atomic E-state index is 2.28. The van der Waals surface area contributed by atoms with E-state index in [4.69, 9.17) is 0 Å². The van der Waals surface area contributed by atoms with Crippen LogP contribution in [0.3, 0.4) is 0 Å². The van der Waals surface area contributed by atoms with Crippen LogP contribution >= 0.6 is 0 Å². The minimum atomic E-state index is 1.13. The van der Waals surface area contributed by atoms with Gasteiger partial charge in [-0.25, -0.2) is 0 Å². The highest BCUT2D eigenvalue weighted by atomic mass is 14.2. The molecule has 0 nitrogen and oxygen atoms in total. The fourth-order valence-electron chi connectivity index (χ4n) is 1.19. The van der Waals surface area contributed by atoms with Crippen LogP contribution in [0.2, 0.25) is 0 Å². The van der Waals surface area contributed by atoms with Crippen LogP contribution in [0.1, 0.15) is 52.9 Å². The normalized spacial score (nSPS) is 17.7. The van der Waals surface area contributed by atoms with E-state index < -0.39 is 0 Å². The summed E-state index contributed by atoms with van der Waals surface area (Å²) in [6.45, 7) is 6.28. The zero-order chi connectivity index (χ0) is 7.11. The first kappa shape index (κ1) is 9.00. The minimum Gasteiger partial charge on any atom is -0.0683 e. The largest absolute Gasteiger partial charge is 0.0683 e. The molecule has 1 saturated carbocycles. The molecule has 0 unspecified atom stereocenters. The van der Waals surface area contributed by atoms with Crippen LogP contribution in [-0.2, 0) is 0 Å². The van der Waals surface area contributed by atoms with Crippen molar-refractivity contribution in [2.75, 3.05) is 0 Å². The summed E-state index contributed by atoms with van der Waals surface area (Å²) in [6.07, 6.45) is 7.43. The van der Waals surface area contributed by atoms with Gasteiger partial charge >= 0.3 is 0 Å². The van der Waals surface area contributed by atoms with Crippen LogP contribution in [0, 0.1) is 5.92 Å². The van der Waals surface area contributed by atoms with E-state index in [1.807, 2.05) is 13.8 Å². The molecule has 0 radical (unpaired) electrons. The van der Waals surface area contributed by atoms with Crippen molar-refractivity contribution in [3.63, 3.8) is 0 Å². The summed E-state index contributed by atoms with van der Waals surface area (Å²) in [5.41, 5.74) is 0. The fourth-order valence-corrected chi connectivity index (χ4v) is 1.19. The number of hydrogen-bond donors (Lipinski definition) is 0. The Bertz CT molecular complexity index is 44.0. The SMILES string of the molecule is CC.CCCC1CCC1. The molecule has 0 aliphatic heterocycles. The average molecular weight is 128 g/mol. The first-order chi connectivity index (χ1) is 4.43. The van der Waals surface area contributed by atoms with Crippen molar-refractivity contribution in [1.29, 1.82) is 0 Å². The summed E-state index contributed by atoms with van der Waals surface area (Å²) < 4.78 is 0. The smallest absolute Gasteiger partial charge is 0.0414 e. The Morgan fingerprint density at radius 2 is 1.78 bits per heavy atom. The third-order valence-electron chi connectivity index (χ3n) is 1.92. The van der Waals surface area contributed by atoms with Gasteiger partial charge in [0.15, 0.2) is 0 Å². The molecule has 0 N–H and O–H groups in total. The molecule has 0 spiro atoms. The van der Waals surface area contributed by atoms with Crippen LogP contribution in [-0.4, -0.2) is 0 Å². The molecule has 1 fully saturated rings. The van der Waals surface area contributed by atoms with E-state index in [-0.39, 0.29) is 0 Å². The molecular formula is C9H20. The van der Waals surface area contributed by atoms with Crippen molar-refractivity contribution in [3.8, 4) is 0 Å². The summed E-state index contributed by atoms with van der Waals surface area (Å²) in [6, 6.07) is 0. The molecule has 0 bridgehead atoms. The van der Waals surface area contributed by atoms with Crippen LogP contribution in [0.25, 0.3) is 0 Å². The Hall–Kier alpha value is 0. The second-order valence-corrected chi connectivity index (χ2v) is 2.59. The van der Waals surface area contributed by atoms with Crippen molar-refractivity contribution >= 4 is 0 Å². The lowest BCUT2D eigenvalue weighted by Gasteiger charge is -2.24. The van der Waals surface area contributed by atoms with Gasteiger partial charge in [0.1, 0.15) is 0 Å². The van der Waals surface area contributed by atoms with Crippen molar-refractivity contribution in [2.24, 2.45) is 5.92 Å². The maximum absolute atomic E-state index is 2.28. The summed E-state index contributed by atoms with van der Waals surface area (Å²) in [7, 11) is 0. The third kappa shape index (κ3) is 3.56. The Morgan fingerprint density at radius 1 is 1.22 bits per heavy atom. The lowest BCUT2D eigenvalue weighted by Crippen LogP contribution is -2.09. The van der Waals surface area contributed by atoms with Gasteiger partial charge in [0.25, 0.3) is 0 Å². The lowest BCUT2D eigenvalue weighted by atomic mass is 9.82. The summed E-state index contributed by atoms with van der Waals surface area (Å²) in [4.78, 5) is 0. The zero-order valence-electron chi connectivity index (χ0n) is 7.11. The second-order valence-electron chi connectivity index (χ2n) is 2.59. The Balaban J connectivity index is 0.000000291. The van der Waals surface area contributed by atoms with E-state index in [9.17, 15) is 0 Å². The Kier molecular flexibility index (Phi) is 6.12. The molecular weight excluding hydrogens is 108 g/mol. The standard InChI is InChI=1S/C7H14.C2H6/c1-2-4-7-5-3-6-7;1-2/h7H,2-6H2,1H3;1-2H3. The first-order valence-corrected chi connectivity index (χ1v) is 4.43. The van der Waals surface area contributed by atoms with Gasteiger partial charge in [0.05, 0.1) is 0 Å². The molecule has 9 heavy (non-hydrogen) atoms. The van der Waals surface area contributed by atoms with E-state index in [1.54, 1.807) is 0 Å². The van der Waals surface area contributed by atoms with E-state index >= 15 is 0 Å². The maximum Gasteiger partial charge on any atom is -0.0414 e. The second kappa shape index (κ2) is 6.12. The molecule has 0 heterocycles. The van der Waals surface area contributed by atoms with E-state index in [1.165, 1.54) is 32.1 Å². The topological polar surface area (TPSA) is 0 Å². The summed E-state index contributed by atoms with van der Waals surface area (Å²) >= 11 is 0.